The van der Waals surface area contributed by atoms with E-state index in [1.54, 1.807) is 0 Å². The Hall–Kier alpha value is -1.68. The van der Waals surface area contributed by atoms with E-state index in [1.165, 1.54) is 11.1 Å². The van der Waals surface area contributed by atoms with Gasteiger partial charge in [-0.25, -0.2) is 12.1 Å². The first-order valence-corrected chi connectivity index (χ1v) is 6.13. The average Bonchev–Trinajstić information content (AvgIpc) is 2.90. The fourth-order valence-electron chi connectivity index (χ4n) is 1.66. The molecule has 0 bridgehead atoms. The maximum Gasteiger partial charge on any atom is 2.00 e. The summed E-state index contributed by atoms with van der Waals surface area (Å²) < 4.78 is 0. The fourth-order valence-corrected chi connectivity index (χ4v) is 1.66. The Morgan fingerprint density at radius 1 is 0.895 bits per heavy atom. The summed E-state index contributed by atoms with van der Waals surface area (Å²) in [4.78, 5) is 0. The maximum absolute atomic E-state index is 3.34. The monoisotopic (exact) mass is 284 g/mol. The molecule has 3 rings (SSSR count). The smallest absolute Gasteiger partial charge is 0.214 e. The van der Waals surface area contributed by atoms with E-state index in [4.69, 9.17) is 0 Å². The van der Waals surface area contributed by atoms with Crippen LogP contribution in [0.5, 0.6) is 0 Å². The van der Waals surface area contributed by atoms with Crippen molar-refractivity contribution in [2.45, 2.75) is 6.42 Å². The van der Waals surface area contributed by atoms with Gasteiger partial charge >= 0.3 is 17.4 Å². The van der Waals surface area contributed by atoms with Gasteiger partial charge in [0.1, 0.15) is 0 Å². The minimum Gasteiger partial charge on any atom is -0.214 e. The van der Waals surface area contributed by atoms with Gasteiger partial charge in [-0.2, -0.15) is 35.9 Å². The van der Waals surface area contributed by atoms with Crippen LogP contribution >= 0.6 is 0 Å². The molecule has 19 heavy (non-hydrogen) atoms. The zero-order chi connectivity index (χ0) is 12.5. The van der Waals surface area contributed by atoms with Crippen molar-refractivity contribution in [3.8, 4) is 0 Å². The van der Waals surface area contributed by atoms with Crippen molar-refractivity contribution in [2.24, 2.45) is 0 Å². The summed E-state index contributed by atoms with van der Waals surface area (Å²) in [7, 11) is 0. The molecule has 0 unspecified atom stereocenters. The van der Waals surface area contributed by atoms with Crippen molar-refractivity contribution in [3.63, 3.8) is 0 Å². The molecule has 0 aliphatic heterocycles. The number of allylic oxidation sites excluding steroid dienone is 6. The largest absolute Gasteiger partial charge is 2.00 e. The molecule has 0 heterocycles. The van der Waals surface area contributed by atoms with E-state index in [0.29, 0.717) is 0 Å². The Morgan fingerprint density at radius 3 is 2.26 bits per heavy atom. The predicted octanol–water partition coefficient (Wildman–Crippen LogP) is 4.79. The zero-order valence-electron chi connectivity index (χ0n) is 10.7. The first-order chi connectivity index (χ1) is 8.97. The SMILES string of the molecule is [C-]1=C(c2ccccc2)C=CC=CC1.[Cr+2].c1cc[cH-]c1. The van der Waals surface area contributed by atoms with E-state index < -0.39 is 0 Å². The molecule has 0 radical (unpaired) electrons. The second-order valence-electron chi connectivity index (χ2n) is 3.91. The van der Waals surface area contributed by atoms with E-state index in [0.717, 1.165) is 6.42 Å². The van der Waals surface area contributed by atoms with Crippen LogP contribution in [0.1, 0.15) is 12.0 Å². The van der Waals surface area contributed by atoms with Crippen LogP contribution in [0.25, 0.3) is 5.57 Å². The van der Waals surface area contributed by atoms with E-state index in [-0.39, 0.29) is 17.4 Å². The third kappa shape index (κ3) is 5.66. The van der Waals surface area contributed by atoms with Gasteiger partial charge in [-0.3, -0.25) is 0 Å². The van der Waals surface area contributed by atoms with Gasteiger partial charge in [0.05, 0.1) is 0 Å². The van der Waals surface area contributed by atoms with Crippen molar-refractivity contribution >= 4 is 5.57 Å². The summed E-state index contributed by atoms with van der Waals surface area (Å²) in [6.07, 6.45) is 12.6. The predicted molar refractivity (Wildman–Crippen MR) is 78.0 cm³/mol. The fraction of sp³-hybridized carbons (Fsp3) is 0.0556. The third-order valence-electron chi connectivity index (χ3n) is 2.56. The van der Waals surface area contributed by atoms with Crippen LogP contribution in [-0.2, 0) is 17.4 Å². The van der Waals surface area contributed by atoms with Crippen molar-refractivity contribution in [2.75, 3.05) is 0 Å². The van der Waals surface area contributed by atoms with Crippen LogP contribution in [0.4, 0.5) is 0 Å². The van der Waals surface area contributed by atoms with Gasteiger partial charge in [-0.15, -0.1) is 23.8 Å². The molecule has 0 nitrogen and oxygen atoms in total. The third-order valence-corrected chi connectivity index (χ3v) is 2.56. The van der Waals surface area contributed by atoms with Gasteiger partial charge in [0, 0.05) is 0 Å². The zero-order valence-corrected chi connectivity index (χ0v) is 12.0. The van der Waals surface area contributed by atoms with Crippen molar-refractivity contribution in [1.29, 1.82) is 0 Å². The van der Waals surface area contributed by atoms with Gasteiger partial charge in [-0.05, 0) is 0 Å². The average molecular weight is 284 g/mol. The van der Waals surface area contributed by atoms with Crippen LogP contribution in [0.2, 0.25) is 0 Å². The summed E-state index contributed by atoms with van der Waals surface area (Å²) in [5, 5.41) is 0. The summed E-state index contributed by atoms with van der Waals surface area (Å²) >= 11 is 0. The van der Waals surface area contributed by atoms with Crippen molar-refractivity contribution in [3.05, 3.63) is 96.6 Å². The molecule has 2 aromatic carbocycles. The van der Waals surface area contributed by atoms with Crippen molar-refractivity contribution < 1.29 is 17.4 Å². The van der Waals surface area contributed by atoms with Crippen molar-refractivity contribution in [1.82, 2.24) is 0 Å². The normalized spacial score (nSPS) is 12.5. The molecule has 0 saturated carbocycles. The molecule has 0 spiro atoms. The summed E-state index contributed by atoms with van der Waals surface area (Å²) in [6, 6.07) is 20.4. The van der Waals surface area contributed by atoms with Gasteiger partial charge in [0.25, 0.3) is 0 Å². The minimum absolute atomic E-state index is 0. The summed E-state index contributed by atoms with van der Waals surface area (Å²) in [6.45, 7) is 0. The first kappa shape index (κ1) is 15.4. The molecule has 1 heteroatoms. The number of hydrogen-bond donors (Lipinski definition) is 0. The van der Waals surface area contributed by atoms with Crippen LogP contribution in [0.15, 0.2) is 85.0 Å². The van der Waals surface area contributed by atoms with Crippen LogP contribution in [-0.4, -0.2) is 0 Å². The van der Waals surface area contributed by atoms with E-state index in [2.05, 4.69) is 54.6 Å². The molecule has 0 N–H and O–H groups in total. The van der Waals surface area contributed by atoms with Gasteiger partial charge in [0.15, 0.2) is 0 Å². The van der Waals surface area contributed by atoms with E-state index in [9.17, 15) is 0 Å². The molecule has 0 fully saturated rings. The molecule has 0 aromatic heterocycles. The topological polar surface area (TPSA) is 0 Å². The molecule has 1 aliphatic rings. The number of benzene rings is 1. The molecule has 0 amide bonds. The molecule has 0 saturated heterocycles. The molecular formula is C18H16Cr. The molecule has 2 aromatic rings. The second-order valence-corrected chi connectivity index (χ2v) is 3.91. The molecular weight excluding hydrogens is 268 g/mol. The maximum atomic E-state index is 3.34. The minimum atomic E-state index is 0. The standard InChI is InChI=1S/C13H11.C5H5.Cr/c1-2-5-9-12(8-4-1)13-10-6-3-7-11-13;1-2-4-5-3-1;/h1-4,6-8,10-11H,5H2;1-5H;/q2*-1;+2. The van der Waals surface area contributed by atoms with Gasteiger partial charge in [-0.1, -0.05) is 36.8 Å². The molecule has 94 valence electrons. The van der Waals surface area contributed by atoms with Crippen LogP contribution in [0.3, 0.4) is 0 Å². The van der Waals surface area contributed by atoms with Gasteiger partial charge in [0.2, 0.25) is 0 Å². The quantitative estimate of drug-likeness (QED) is 0.660. The summed E-state index contributed by atoms with van der Waals surface area (Å²) in [5.74, 6) is 0. The van der Waals surface area contributed by atoms with Crippen LogP contribution < -0.4 is 0 Å². The Bertz CT molecular complexity index is 499. The van der Waals surface area contributed by atoms with Crippen LogP contribution in [0, 0.1) is 6.08 Å². The number of rotatable bonds is 1. The van der Waals surface area contributed by atoms with E-state index >= 15 is 0 Å². The number of hydrogen-bond acceptors (Lipinski definition) is 0. The van der Waals surface area contributed by atoms with E-state index in [1.807, 2.05) is 36.4 Å². The Balaban J connectivity index is 0.000000256. The summed E-state index contributed by atoms with van der Waals surface area (Å²) in [5.41, 5.74) is 2.42. The molecule has 0 atom stereocenters. The first-order valence-electron chi connectivity index (χ1n) is 6.13. The van der Waals surface area contributed by atoms with Gasteiger partial charge < -0.3 is 0 Å². The molecule has 1 aliphatic carbocycles. The second kappa shape index (κ2) is 9.28. The Kier molecular flexibility index (Phi) is 7.51. The Labute approximate surface area is 126 Å². The Morgan fingerprint density at radius 2 is 1.63 bits per heavy atom.